The van der Waals surface area contributed by atoms with E-state index in [4.69, 9.17) is 16.7 Å². The Morgan fingerprint density at radius 3 is 2.47 bits per heavy atom. The second-order valence-corrected chi connectivity index (χ2v) is 3.24. The summed E-state index contributed by atoms with van der Waals surface area (Å²) >= 11 is 5.52. The molecule has 0 saturated heterocycles. The zero-order valence-corrected chi connectivity index (χ0v) is 8.06. The first-order valence-electron chi connectivity index (χ1n) is 3.88. The van der Waals surface area contributed by atoms with Gasteiger partial charge in [-0.15, -0.1) is 0 Å². The van der Waals surface area contributed by atoms with Gasteiger partial charge in [0.2, 0.25) is 0 Å². The van der Waals surface area contributed by atoms with Gasteiger partial charge >= 0.3 is 12.1 Å². The maximum Gasteiger partial charge on any atom is 0.416 e. The number of carboxylic acid groups (broad SMARTS) is 1. The number of halogens is 4. The molecule has 1 aromatic carbocycles. The Bertz CT molecular complexity index is 387. The van der Waals surface area contributed by atoms with E-state index in [1.165, 1.54) is 6.07 Å². The third-order valence-corrected chi connectivity index (χ3v) is 2.11. The van der Waals surface area contributed by atoms with E-state index in [1.54, 1.807) is 0 Å². The summed E-state index contributed by atoms with van der Waals surface area (Å²) in [6.07, 6.45) is -5.33. The Balaban J connectivity index is 3.26. The fourth-order valence-electron chi connectivity index (χ4n) is 1.16. The quantitative estimate of drug-likeness (QED) is 0.860. The van der Waals surface area contributed by atoms with Crippen LogP contribution in [-0.2, 0) is 17.4 Å². The van der Waals surface area contributed by atoms with E-state index in [2.05, 4.69) is 0 Å². The van der Waals surface area contributed by atoms with Gasteiger partial charge in [-0.3, -0.25) is 4.79 Å². The van der Waals surface area contributed by atoms with Crippen LogP contribution in [0.1, 0.15) is 11.1 Å². The third kappa shape index (κ3) is 2.86. The second kappa shape index (κ2) is 4.10. The predicted octanol–water partition coefficient (Wildman–Crippen LogP) is 2.99. The highest BCUT2D eigenvalue weighted by atomic mass is 35.5. The maximum absolute atomic E-state index is 12.4. The molecule has 0 aliphatic heterocycles. The molecule has 0 unspecified atom stereocenters. The molecule has 0 aliphatic carbocycles. The van der Waals surface area contributed by atoms with Crippen molar-refractivity contribution in [3.05, 3.63) is 34.3 Å². The number of carbonyl (C=O) groups is 1. The minimum atomic E-state index is -4.59. The molecular weight excluding hydrogens is 233 g/mol. The van der Waals surface area contributed by atoms with Crippen LogP contribution in [0.2, 0.25) is 5.02 Å². The van der Waals surface area contributed by atoms with E-state index >= 15 is 0 Å². The average Bonchev–Trinajstić information content (AvgIpc) is 2.05. The van der Waals surface area contributed by atoms with Crippen molar-refractivity contribution >= 4 is 17.6 Å². The van der Waals surface area contributed by atoms with Crippen LogP contribution in [0.5, 0.6) is 0 Å². The van der Waals surface area contributed by atoms with Crippen molar-refractivity contribution in [1.82, 2.24) is 0 Å². The van der Waals surface area contributed by atoms with Crippen molar-refractivity contribution in [2.45, 2.75) is 12.6 Å². The summed E-state index contributed by atoms with van der Waals surface area (Å²) in [5, 5.41) is 8.27. The Morgan fingerprint density at radius 1 is 1.40 bits per heavy atom. The molecule has 82 valence electrons. The van der Waals surface area contributed by atoms with E-state index in [0.717, 1.165) is 12.1 Å². The summed E-state index contributed by atoms with van der Waals surface area (Å²) in [6.45, 7) is 0. The lowest BCUT2D eigenvalue weighted by Crippen LogP contribution is -2.12. The summed E-state index contributed by atoms with van der Waals surface area (Å²) in [6, 6.07) is 3.18. The van der Waals surface area contributed by atoms with Crippen LogP contribution < -0.4 is 0 Å². The number of aliphatic carboxylic acids is 1. The number of alkyl halides is 3. The third-order valence-electron chi connectivity index (χ3n) is 1.75. The molecule has 1 aromatic rings. The van der Waals surface area contributed by atoms with Crippen molar-refractivity contribution in [2.24, 2.45) is 0 Å². The molecule has 1 N–H and O–H groups in total. The van der Waals surface area contributed by atoms with Gasteiger partial charge in [-0.1, -0.05) is 17.7 Å². The molecule has 0 saturated carbocycles. The highest BCUT2D eigenvalue weighted by molar-refractivity contribution is 6.31. The zero-order valence-electron chi connectivity index (χ0n) is 7.31. The van der Waals surface area contributed by atoms with Crippen molar-refractivity contribution in [3.63, 3.8) is 0 Å². The maximum atomic E-state index is 12.4. The van der Waals surface area contributed by atoms with Crippen molar-refractivity contribution in [3.8, 4) is 0 Å². The van der Waals surface area contributed by atoms with Crippen LogP contribution >= 0.6 is 11.6 Å². The lowest BCUT2D eigenvalue weighted by atomic mass is 10.0. The van der Waals surface area contributed by atoms with Crippen molar-refractivity contribution in [1.29, 1.82) is 0 Å². The molecule has 0 radical (unpaired) electrons. The molecular formula is C9H6ClF3O2. The molecule has 0 aliphatic rings. The van der Waals surface area contributed by atoms with Crippen LogP contribution in [0.25, 0.3) is 0 Å². The minimum Gasteiger partial charge on any atom is -0.481 e. The molecule has 0 atom stereocenters. The van der Waals surface area contributed by atoms with Crippen LogP contribution in [-0.4, -0.2) is 11.1 Å². The van der Waals surface area contributed by atoms with Gasteiger partial charge in [0.1, 0.15) is 0 Å². The van der Waals surface area contributed by atoms with Gasteiger partial charge < -0.3 is 5.11 Å². The largest absolute Gasteiger partial charge is 0.481 e. The lowest BCUT2D eigenvalue weighted by molar-refractivity contribution is -0.139. The van der Waals surface area contributed by atoms with Gasteiger partial charge in [0.05, 0.1) is 12.0 Å². The van der Waals surface area contributed by atoms with E-state index in [0.29, 0.717) is 0 Å². The monoisotopic (exact) mass is 238 g/mol. The zero-order chi connectivity index (χ0) is 11.6. The van der Waals surface area contributed by atoms with Crippen molar-refractivity contribution < 1.29 is 23.1 Å². The van der Waals surface area contributed by atoms with Gasteiger partial charge in [-0.25, -0.2) is 0 Å². The molecule has 2 nitrogen and oxygen atoms in total. The van der Waals surface area contributed by atoms with E-state index in [-0.39, 0.29) is 5.02 Å². The van der Waals surface area contributed by atoms with Crippen LogP contribution in [0.3, 0.4) is 0 Å². The van der Waals surface area contributed by atoms with E-state index in [9.17, 15) is 18.0 Å². The summed E-state index contributed by atoms with van der Waals surface area (Å²) in [5.74, 6) is -1.35. The number of hydrogen-bond acceptors (Lipinski definition) is 1. The standard InChI is InChI=1S/C9H6ClF3O2/c10-7-3-1-2-6(9(11,12)13)5(7)4-8(14)15/h1-3H,4H2,(H,14,15). The van der Waals surface area contributed by atoms with Gasteiger partial charge in [-0.2, -0.15) is 13.2 Å². The Kier molecular flexibility index (Phi) is 3.24. The molecule has 0 spiro atoms. The predicted molar refractivity (Wildman–Crippen MR) is 47.8 cm³/mol. The van der Waals surface area contributed by atoms with Crippen molar-refractivity contribution in [2.75, 3.05) is 0 Å². The smallest absolute Gasteiger partial charge is 0.416 e. The first kappa shape index (κ1) is 11.8. The molecule has 0 aromatic heterocycles. The summed E-state index contributed by atoms with van der Waals surface area (Å²) < 4.78 is 37.3. The molecule has 0 bridgehead atoms. The fraction of sp³-hybridized carbons (Fsp3) is 0.222. The molecule has 0 heterocycles. The second-order valence-electron chi connectivity index (χ2n) is 2.83. The lowest BCUT2D eigenvalue weighted by Gasteiger charge is -2.12. The molecule has 1 rings (SSSR count). The van der Waals surface area contributed by atoms with Crippen LogP contribution in [0.15, 0.2) is 18.2 Å². The minimum absolute atomic E-state index is 0.188. The number of hydrogen-bond donors (Lipinski definition) is 1. The van der Waals surface area contributed by atoms with Crippen LogP contribution in [0, 0.1) is 0 Å². The normalized spacial score (nSPS) is 11.5. The molecule has 15 heavy (non-hydrogen) atoms. The fourth-order valence-corrected chi connectivity index (χ4v) is 1.40. The molecule has 0 fully saturated rings. The molecule has 0 amide bonds. The van der Waals surface area contributed by atoms with Gasteiger partial charge in [0, 0.05) is 5.02 Å². The van der Waals surface area contributed by atoms with Gasteiger partial charge in [0.15, 0.2) is 0 Å². The Labute approximate surface area is 88.3 Å². The summed E-state index contributed by atoms with van der Waals surface area (Å²) in [4.78, 5) is 10.4. The highest BCUT2D eigenvalue weighted by Crippen LogP contribution is 2.35. The molecule has 6 heteroatoms. The number of benzene rings is 1. The average molecular weight is 239 g/mol. The van der Waals surface area contributed by atoms with Crippen LogP contribution in [0.4, 0.5) is 13.2 Å². The Hall–Kier alpha value is -1.23. The summed E-state index contributed by atoms with van der Waals surface area (Å²) in [7, 11) is 0. The van der Waals surface area contributed by atoms with Gasteiger partial charge in [-0.05, 0) is 17.7 Å². The van der Waals surface area contributed by atoms with Gasteiger partial charge in [0.25, 0.3) is 0 Å². The van der Waals surface area contributed by atoms with E-state index < -0.39 is 29.7 Å². The topological polar surface area (TPSA) is 37.3 Å². The van der Waals surface area contributed by atoms with E-state index in [1.807, 2.05) is 0 Å². The number of rotatable bonds is 2. The highest BCUT2D eigenvalue weighted by Gasteiger charge is 2.34. The first-order valence-corrected chi connectivity index (χ1v) is 4.26. The SMILES string of the molecule is O=C(O)Cc1c(Cl)cccc1C(F)(F)F. The first-order chi connectivity index (χ1) is 6.82. The number of carboxylic acids is 1. The Morgan fingerprint density at radius 2 is 2.00 bits per heavy atom. The summed E-state index contributed by atoms with van der Waals surface area (Å²) in [5.41, 5.74) is -1.41.